The molecule has 0 spiro atoms. The number of rotatable bonds is 6. The number of ether oxygens (including phenoxy) is 2. The zero-order chi connectivity index (χ0) is 17.6. The molecule has 3 rings (SSSR count). The van der Waals surface area contributed by atoms with Crippen molar-refractivity contribution >= 4 is 11.6 Å². The molecule has 0 bridgehead atoms. The summed E-state index contributed by atoms with van der Waals surface area (Å²) in [6.45, 7) is -0.0112. The van der Waals surface area contributed by atoms with Crippen LogP contribution in [0.4, 0.5) is 5.69 Å². The normalized spacial score (nSPS) is 10.5. The van der Waals surface area contributed by atoms with E-state index in [2.05, 4.69) is 15.5 Å². The zero-order valence-electron chi connectivity index (χ0n) is 13.9. The molecule has 7 nitrogen and oxygen atoms in total. The second-order valence-corrected chi connectivity index (χ2v) is 5.19. The maximum atomic E-state index is 11.6. The largest absolute Gasteiger partial charge is 0.496 e. The highest BCUT2D eigenvalue weighted by Crippen LogP contribution is 2.29. The third kappa shape index (κ3) is 3.84. The third-order valence-corrected chi connectivity index (χ3v) is 3.44. The molecule has 3 aromatic rings. The van der Waals surface area contributed by atoms with Crippen LogP contribution in [0.25, 0.3) is 22.8 Å². The first-order valence-corrected chi connectivity index (χ1v) is 7.57. The number of hydrogen-bond donors (Lipinski definition) is 1. The van der Waals surface area contributed by atoms with Crippen molar-refractivity contribution in [1.29, 1.82) is 0 Å². The Balaban J connectivity index is 1.86. The number of amides is 1. The van der Waals surface area contributed by atoms with Gasteiger partial charge in [0.25, 0.3) is 5.89 Å². The van der Waals surface area contributed by atoms with Crippen LogP contribution in [0.5, 0.6) is 5.75 Å². The van der Waals surface area contributed by atoms with Gasteiger partial charge < -0.3 is 19.3 Å². The Labute approximate surface area is 144 Å². The van der Waals surface area contributed by atoms with Crippen LogP contribution in [0.1, 0.15) is 0 Å². The molecular formula is C18H17N3O4. The molecule has 0 fully saturated rings. The molecule has 0 saturated heterocycles. The number of nitrogens with one attached hydrogen (secondary N) is 1. The first-order valence-electron chi connectivity index (χ1n) is 7.57. The van der Waals surface area contributed by atoms with Crippen LogP contribution in [0.3, 0.4) is 0 Å². The molecule has 1 aromatic heterocycles. The Morgan fingerprint density at radius 2 is 2.00 bits per heavy atom. The summed E-state index contributed by atoms with van der Waals surface area (Å²) >= 11 is 0. The van der Waals surface area contributed by atoms with Crippen molar-refractivity contribution in [1.82, 2.24) is 10.1 Å². The van der Waals surface area contributed by atoms with Gasteiger partial charge in [-0.2, -0.15) is 4.98 Å². The minimum absolute atomic E-state index is 0.0112. The van der Waals surface area contributed by atoms with E-state index in [-0.39, 0.29) is 12.5 Å². The number of carbonyl (C=O) groups is 1. The minimum atomic E-state index is -0.236. The van der Waals surface area contributed by atoms with Crippen molar-refractivity contribution in [3.05, 3.63) is 48.5 Å². The van der Waals surface area contributed by atoms with E-state index in [1.807, 2.05) is 30.3 Å². The summed E-state index contributed by atoms with van der Waals surface area (Å²) in [6.07, 6.45) is 0. The van der Waals surface area contributed by atoms with Gasteiger partial charge in [0.2, 0.25) is 11.7 Å². The van der Waals surface area contributed by atoms with Crippen molar-refractivity contribution in [2.75, 3.05) is 26.1 Å². The molecule has 0 radical (unpaired) electrons. The predicted molar refractivity (Wildman–Crippen MR) is 92.2 cm³/mol. The lowest BCUT2D eigenvalue weighted by Crippen LogP contribution is -2.16. The first kappa shape index (κ1) is 16.7. The van der Waals surface area contributed by atoms with E-state index in [0.717, 1.165) is 5.56 Å². The second-order valence-electron chi connectivity index (χ2n) is 5.19. The van der Waals surface area contributed by atoms with E-state index in [0.29, 0.717) is 28.7 Å². The second kappa shape index (κ2) is 7.59. The number of aromatic nitrogens is 2. The van der Waals surface area contributed by atoms with Gasteiger partial charge in [-0.25, -0.2) is 0 Å². The standard InChI is InChI=1S/C18H17N3O4/c1-23-11-16(22)19-13-7-5-6-12(10-13)18-20-17(21-25-18)14-8-3-4-9-15(14)24-2/h3-10H,11H2,1-2H3,(H,19,22). The molecule has 1 N–H and O–H groups in total. The fraction of sp³-hybridized carbons (Fsp3) is 0.167. The number of nitrogens with zero attached hydrogens (tertiary/aromatic N) is 2. The van der Waals surface area contributed by atoms with Gasteiger partial charge in [-0.3, -0.25) is 4.79 Å². The smallest absolute Gasteiger partial charge is 0.258 e. The van der Waals surface area contributed by atoms with Crippen molar-refractivity contribution in [2.45, 2.75) is 0 Å². The molecule has 0 atom stereocenters. The van der Waals surface area contributed by atoms with E-state index in [4.69, 9.17) is 14.0 Å². The topological polar surface area (TPSA) is 86.5 Å². The van der Waals surface area contributed by atoms with Gasteiger partial charge in [-0.15, -0.1) is 0 Å². The average molecular weight is 339 g/mol. The van der Waals surface area contributed by atoms with Crippen molar-refractivity contribution in [3.8, 4) is 28.6 Å². The lowest BCUT2D eigenvalue weighted by molar-refractivity contribution is -0.119. The quantitative estimate of drug-likeness (QED) is 0.743. The Bertz CT molecular complexity index is 876. The van der Waals surface area contributed by atoms with Gasteiger partial charge in [0.05, 0.1) is 12.7 Å². The Morgan fingerprint density at radius 1 is 1.16 bits per heavy atom. The molecule has 0 unspecified atom stereocenters. The lowest BCUT2D eigenvalue weighted by atomic mass is 10.2. The summed E-state index contributed by atoms with van der Waals surface area (Å²) in [5.41, 5.74) is 2.06. The van der Waals surface area contributed by atoms with Gasteiger partial charge in [0, 0.05) is 18.4 Å². The molecule has 128 valence electrons. The van der Waals surface area contributed by atoms with E-state index in [9.17, 15) is 4.79 Å². The van der Waals surface area contributed by atoms with Gasteiger partial charge in [-0.1, -0.05) is 23.4 Å². The van der Waals surface area contributed by atoms with Crippen LogP contribution in [-0.2, 0) is 9.53 Å². The molecule has 0 aliphatic carbocycles. The lowest BCUT2D eigenvalue weighted by Gasteiger charge is -2.05. The highest BCUT2D eigenvalue weighted by molar-refractivity contribution is 5.92. The summed E-state index contributed by atoms with van der Waals surface area (Å²) in [5.74, 6) is 1.21. The Morgan fingerprint density at radius 3 is 2.80 bits per heavy atom. The van der Waals surface area contributed by atoms with E-state index in [1.54, 1.807) is 25.3 Å². The number of benzene rings is 2. The van der Waals surface area contributed by atoms with Crippen LogP contribution >= 0.6 is 0 Å². The fourth-order valence-corrected chi connectivity index (χ4v) is 2.34. The molecule has 0 aliphatic rings. The molecule has 1 amide bonds. The highest BCUT2D eigenvalue weighted by atomic mass is 16.5. The summed E-state index contributed by atoms with van der Waals surface area (Å²) in [7, 11) is 3.06. The molecule has 0 saturated carbocycles. The number of anilines is 1. The summed E-state index contributed by atoms with van der Waals surface area (Å²) in [6, 6.07) is 14.6. The maximum Gasteiger partial charge on any atom is 0.258 e. The zero-order valence-corrected chi connectivity index (χ0v) is 13.9. The van der Waals surface area contributed by atoms with Crippen LogP contribution in [0, 0.1) is 0 Å². The van der Waals surface area contributed by atoms with E-state index >= 15 is 0 Å². The molecule has 25 heavy (non-hydrogen) atoms. The van der Waals surface area contributed by atoms with Crippen molar-refractivity contribution in [2.24, 2.45) is 0 Å². The summed E-state index contributed by atoms with van der Waals surface area (Å²) < 4.78 is 15.5. The number of hydrogen-bond acceptors (Lipinski definition) is 6. The number of para-hydroxylation sites is 1. The minimum Gasteiger partial charge on any atom is -0.496 e. The van der Waals surface area contributed by atoms with Crippen LogP contribution < -0.4 is 10.1 Å². The molecular weight excluding hydrogens is 322 g/mol. The van der Waals surface area contributed by atoms with Crippen molar-refractivity contribution in [3.63, 3.8) is 0 Å². The van der Waals surface area contributed by atoms with Crippen LogP contribution in [0.15, 0.2) is 53.1 Å². The van der Waals surface area contributed by atoms with E-state index in [1.165, 1.54) is 7.11 Å². The number of carbonyl (C=O) groups excluding carboxylic acids is 1. The SMILES string of the molecule is COCC(=O)Nc1cccc(-c2nc(-c3ccccc3OC)no2)c1. The molecule has 0 aliphatic heterocycles. The van der Waals surface area contributed by atoms with Gasteiger partial charge in [0.15, 0.2) is 0 Å². The third-order valence-electron chi connectivity index (χ3n) is 3.44. The Hall–Kier alpha value is -3.19. The summed E-state index contributed by atoms with van der Waals surface area (Å²) in [4.78, 5) is 16.0. The van der Waals surface area contributed by atoms with Gasteiger partial charge in [-0.05, 0) is 30.3 Å². The Kier molecular flexibility index (Phi) is 5.06. The first-order chi connectivity index (χ1) is 12.2. The fourth-order valence-electron chi connectivity index (χ4n) is 2.34. The molecule has 2 aromatic carbocycles. The molecule has 1 heterocycles. The van der Waals surface area contributed by atoms with E-state index < -0.39 is 0 Å². The van der Waals surface area contributed by atoms with Crippen LogP contribution in [-0.4, -0.2) is 36.9 Å². The van der Waals surface area contributed by atoms with Gasteiger partial charge in [0.1, 0.15) is 12.4 Å². The maximum absolute atomic E-state index is 11.6. The van der Waals surface area contributed by atoms with Crippen LogP contribution in [0.2, 0.25) is 0 Å². The monoisotopic (exact) mass is 339 g/mol. The highest BCUT2D eigenvalue weighted by Gasteiger charge is 2.14. The average Bonchev–Trinajstić information content (AvgIpc) is 3.12. The van der Waals surface area contributed by atoms with Gasteiger partial charge >= 0.3 is 0 Å². The summed E-state index contributed by atoms with van der Waals surface area (Å²) in [5, 5.41) is 6.75. The molecule has 7 heteroatoms. The van der Waals surface area contributed by atoms with Crippen molar-refractivity contribution < 1.29 is 18.8 Å². The number of methoxy groups -OCH3 is 2. The predicted octanol–water partition coefficient (Wildman–Crippen LogP) is 3.00.